The SMILES string of the molecule is COc1ccc(-c2nc(NC(=O)COc3ccc4c(c3)CCC4)sc2C)cc1. The summed E-state index contributed by atoms with van der Waals surface area (Å²) in [6.07, 6.45) is 3.42. The first-order chi connectivity index (χ1) is 13.6. The van der Waals surface area contributed by atoms with E-state index in [1.165, 1.54) is 28.9 Å². The Morgan fingerprint density at radius 2 is 1.86 bits per heavy atom. The Labute approximate surface area is 168 Å². The highest BCUT2D eigenvalue weighted by molar-refractivity contribution is 7.16. The van der Waals surface area contributed by atoms with E-state index in [4.69, 9.17) is 9.47 Å². The van der Waals surface area contributed by atoms with Crippen LogP contribution in [0, 0.1) is 6.92 Å². The summed E-state index contributed by atoms with van der Waals surface area (Å²) in [6, 6.07) is 13.8. The summed E-state index contributed by atoms with van der Waals surface area (Å²) in [5.41, 5.74) is 4.57. The van der Waals surface area contributed by atoms with Crippen molar-refractivity contribution in [2.45, 2.75) is 26.2 Å². The van der Waals surface area contributed by atoms with Crippen LogP contribution in [0.3, 0.4) is 0 Å². The number of hydrogen-bond acceptors (Lipinski definition) is 5. The highest BCUT2D eigenvalue weighted by atomic mass is 32.1. The van der Waals surface area contributed by atoms with Crippen LogP contribution in [0.4, 0.5) is 5.13 Å². The third kappa shape index (κ3) is 4.02. The fourth-order valence-electron chi connectivity index (χ4n) is 3.41. The Morgan fingerprint density at radius 3 is 2.64 bits per heavy atom. The number of carbonyl (C=O) groups excluding carboxylic acids is 1. The van der Waals surface area contributed by atoms with Gasteiger partial charge in [-0.2, -0.15) is 0 Å². The molecule has 1 aliphatic rings. The van der Waals surface area contributed by atoms with Gasteiger partial charge in [-0.25, -0.2) is 4.98 Å². The molecule has 0 saturated heterocycles. The van der Waals surface area contributed by atoms with Gasteiger partial charge in [0.25, 0.3) is 5.91 Å². The van der Waals surface area contributed by atoms with E-state index in [0.29, 0.717) is 5.13 Å². The van der Waals surface area contributed by atoms with Crippen LogP contribution in [0.1, 0.15) is 22.4 Å². The molecule has 1 amide bonds. The fraction of sp³-hybridized carbons (Fsp3) is 0.273. The maximum Gasteiger partial charge on any atom is 0.264 e. The molecule has 0 saturated carbocycles. The molecule has 4 rings (SSSR count). The lowest BCUT2D eigenvalue weighted by atomic mass is 10.1. The smallest absolute Gasteiger partial charge is 0.264 e. The molecule has 0 aliphatic heterocycles. The van der Waals surface area contributed by atoms with Crippen LogP contribution in [-0.4, -0.2) is 24.6 Å². The summed E-state index contributed by atoms with van der Waals surface area (Å²) in [6.45, 7) is 1.96. The molecular formula is C22H22N2O3S. The topological polar surface area (TPSA) is 60.5 Å². The molecule has 1 heterocycles. The lowest BCUT2D eigenvalue weighted by Gasteiger charge is -2.07. The van der Waals surface area contributed by atoms with E-state index >= 15 is 0 Å². The number of benzene rings is 2. The zero-order chi connectivity index (χ0) is 19.5. The Bertz CT molecular complexity index is 996. The van der Waals surface area contributed by atoms with E-state index in [2.05, 4.69) is 16.4 Å². The molecule has 1 aliphatic carbocycles. The number of carbonyl (C=O) groups is 1. The number of methoxy groups -OCH3 is 1. The van der Waals surface area contributed by atoms with Gasteiger partial charge >= 0.3 is 0 Å². The van der Waals surface area contributed by atoms with Gasteiger partial charge in [0.15, 0.2) is 11.7 Å². The van der Waals surface area contributed by atoms with Crippen molar-refractivity contribution in [3.63, 3.8) is 0 Å². The Hall–Kier alpha value is -2.86. The predicted octanol–water partition coefficient (Wildman–Crippen LogP) is 4.63. The van der Waals surface area contributed by atoms with Gasteiger partial charge in [-0.05, 0) is 73.7 Å². The number of amides is 1. The lowest BCUT2D eigenvalue weighted by molar-refractivity contribution is -0.118. The maximum absolute atomic E-state index is 12.3. The van der Waals surface area contributed by atoms with Crippen LogP contribution >= 0.6 is 11.3 Å². The van der Waals surface area contributed by atoms with Gasteiger partial charge in [0.05, 0.1) is 12.8 Å². The molecule has 28 heavy (non-hydrogen) atoms. The zero-order valence-corrected chi connectivity index (χ0v) is 16.8. The number of rotatable bonds is 6. The van der Waals surface area contributed by atoms with Crippen molar-refractivity contribution in [3.05, 3.63) is 58.5 Å². The zero-order valence-electron chi connectivity index (χ0n) is 16.0. The third-order valence-corrected chi connectivity index (χ3v) is 5.73. The highest BCUT2D eigenvalue weighted by Crippen LogP contribution is 2.31. The summed E-state index contributed by atoms with van der Waals surface area (Å²) in [4.78, 5) is 17.9. The highest BCUT2D eigenvalue weighted by Gasteiger charge is 2.14. The number of nitrogens with one attached hydrogen (secondary N) is 1. The van der Waals surface area contributed by atoms with Crippen molar-refractivity contribution >= 4 is 22.4 Å². The first kappa shape index (κ1) is 18.5. The number of nitrogens with zero attached hydrogens (tertiary/aromatic N) is 1. The first-order valence-corrected chi connectivity index (χ1v) is 10.1. The lowest BCUT2D eigenvalue weighted by Crippen LogP contribution is -2.20. The number of anilines is 1. The van der Waals surface area contributed by atoms with Gasteiger partial charge < -0.3 is 9.47 Å². The van der Waals surface area contributed by atoms with Crippen LogP contribution in [0.25, 0.3) is 11.3 Å². The van der Waals surface area contributed by atoms with E-state index in [9.17, 15) is 4.79 Å². The second-order valence-corrected chi connectivity index (χ2v) is 7.98. The van der Waals surface area contributed by atoms with Crippen LogP contribution < -0.4 is 14.8 Å². The van der Waals surface area contributed by atoms with Crippen molar-refractivity contribution in [2.75, 3.05) is 19.0 Å². The molecule has 0 radical (unpaired) electrons. The third-order valence-electron chi connectivity index (χ3n) is 4.85. The van der Waals surface area contributed by atoms with Gasteiger partial charge in [-0.1, -0.05) is 6.07 Å². The molecule has 0 bridgehead atoms. The largest absolute Gasteiger partial charge is 0.497 e. The minimum Gasteiger partial charge on any atom is -0.497 e. The average Bonchev–Trinajstić information content (AvgIpc) is 3.32. The summed E-state index contributed by atoms with van der Waals surface area (Å²) in [5.74, 6) is 1.33. The molecule has 1 N–H and O–H groups in total. The second kappa shape index (κ2) is 8.02. The number of hydrogen-bond donors (Lipinski definition) is 1. The van der Waals surface area contributed by atoms with Gasteiger partial charge in [-0.15, -0.1) is 11.3 Å². The monoisotopic (exact) mass is 394 g/mol. The maximum atomic E-state index is 12.3. The van der Waals surface area contributed by atoms with E-state index in [0.717, 1.165) is 40.5 Å². The summed E-state index contributed by atoms with van der Waals surface area (Å²) >= 11 is 1.46. The van der Waals surface area contributed by atoms with Gasteiger partial charge in [0.2, 0.25) is 0 Å². The van der Waals surface area contributed by atoms with Crippen molar-refractivity contribution in [3.8, 4) is 22.8 Å². The molecule has 144 valence electrons. The molecule has 0 spiro atoms. The predicted molar refractivity (Wildman–Crippen MR) is 111 cm³/mol. The molecule has 0 fully saturated rings. The van der Waals surface area contributed by atoms with E-state index < -0.39 is 0 Å². The number of aryl methyl sites for hydroxylation is 3. The molecule has 6 heteroatoms. The van der Waals surface area contributed by atoms with Crippen molar-refractivity contribution < 1.29 is 14.3 Å². The van der Waals surface area contributed by atoms with Crippen LogP contribution in [0.2, 0.25) is 0 Å². The summed E-state index contributed by atoms with van der Waals surface area (Å²) in [5, 5.41) is 3.41. The number of ether oxygens (including phenoxy) is 2. The molecule has 0 unspecified atom stereocenters. The average molecular weight is 394 g/mol. The molecule has 1 aromatic heterocycles. The normalized spacial score (nSPS) is 12.5. The Kier molecular flexibility index (Phi) is 5.30. The molecule has 2 aromatic carbocycles. The number of thiazole rings is 1. The number of aromatic nitrogens is 1. The summed E-state index contributed by atoms with van der Waals surface area (Å²) in [7, 11) is 1.64. The van der Waals surface area contributed by atoms with Gasteiger partial charge in [0, 0.05) is 10.4 Å². The van der Waals surface area contributed by atoms with Crippen LogP contribution in [0.5, 0.6) is 11.5 Å². The minimum absolute atomic E-state index is 0.0325. The Morgan fingerprint density at radius 1 is 1.11 bits per heavy atom. The molecule has 5 nitrogen and oxygen atoms in total. The summed E-state index contributed by atoms with van der Waals surface area (Å²) < 4.78 is 10.9. The minimum atomic E-state index is -0.212. The van der Waals surface area contributed by atoms with Gasteiger partial charge in [-0.3, -0.25) is 10.1 Å². The molecule has 0 atom stereocenters. The first-order valence-electron chi connectivity index (χ1n) is 9.28. The molecular weight excluding hydrogens is 372 g/mol. The second-order valence-electron chi connectivity index (χ2n) is 6.77. The van der Waals surface area contributed by atoms with Crippen molar-refractivity contribution in [1.29, 1.82) is 0 Å². The van der Waals surface area contributed by atoms with Crippen molar-refractivity contribution in [2.24, 2.45) is 0 Å². The van der Waals surface area contributed by atoms with E-state index in [1.54, 1.807) is 7.11 Å². The van der Waals surface area contributed by atoms with Gasteiger partial charge in [0.1, 0.15) is 11.5 Å². The van der Waals surface area contributed by atoms with Crippen molar-refractivity contribution in [1.82, 2.24) is 4.98 Å². The molecule has 3 aromatic rings. The standard InChI is InChI=1S/C22H22N2O3S/c1-14-21(16-7-9-18(26-2)10-8-16)24-22(28-14)23-20(25)13-27-19-11-6-15-4-3-5-17(15)12-19/h6-12H,3-5,13H2,1-2H3,(H,23,24,25). The fourth-order valence-corrected chi connectivity index (χ4v) is 4.26. The van der Waals surface area contributed by atoms with Crippen LogP contribution in [-0.2, 0) is 17.6 Å². The van der Waals surface area contributed by atoms with E-state index in [-0.39, 0.29) is 12.5 Å². The number of fused-ring (bicyclic) bond motifs is 1. The quantitative estimate of drug-likeness (QED) is 0.662. The van der Waals surface area contributed by atoms with Crippen LogP contribution in [0.15, 0.2) is 42.5 Å². The Balaban J connectivity index is 1.38. The van der Waals surface area contributed by atoms with E-state index in [1.807, 2.05) is 43.3 Å².